The van der Waals surface area contributed by atoms with Gasteiger partial charge in [-0.1, -0.05) is 6.07 Å². The maximum atomic E-state index is 12.7. The van der Waals surface area contributed by atoms with E-state index in [9.17, 15) is 14.4 Å². The molecule has 0 unspecified atom stereocenters. The third-order valence-corrected chi connectivity index (χ3v) is 5.20. The zero-order chi connectivity index (χ0) is 18.8. The monoisotopic (exact) mass is 371 g/mol. The second kappa shape index (κ2) is 7.09. The maximum Gasteiger partial charge on any atom is 0.337 e. The number of ether oxygens (including phenoxy) is 1. The van der Waals surface area contributed by atoms with Gasteiger partial charge in [0, 0.05) is 12.2 Å². The number of thiophene rings is 1. The normalized spacial score (nSPS) is 10.7. The molecule has 8 heteroatoms. The quantitative estimate of drug-likeness (QED) is 0.712. The van der Waals surface area contributed by atoms with Crippen LogP contribution in [-0.4, -0.2) is 28.5 Å². The summed E-state index contributed by atoms with van der Waals surface area (Å²) in [6, 6.07) is 6.47. The van der Waals surface area contributed by atoms with E-state index in [-0.39, 0.29) is 11.5 Å². The highest BCUT2D eigenvalue weighted by molar-refractivity contribution is 7.20. The zero-order valence-corrected chi connectivity index (χ0v) is 15.3. The number of rotatable bonds is 4. The van der Waals surface area contributed by atoms with Gasteiger partial charge in [0.2, 0.25) is 0 Å². The zero-order valence-electron chi connectivity index (χ0n) is 14.5. The first-order valence-electron chi connectivity index (χ1n) is 7.94. The van der Waals surface area contributed by atoms with Crippen molar-refractivity contribution in [2.45, 2.75) is 20.4 Å². The number of anilines is 1. The van der Waals surface area contributed by atoms with Crippen LogP contribution in [-0.2, 0) is 11.3 Å². The fourth-order valence-electron chi connectivity index (χ4n) is 2.63. The SMILES string of the molecule is CCn1cnc2sc(C(=O)Nc3cccc(C(=O)OC)c3)c(C)c2c1=O. The molecule has 0 fully saturated rings. The average Bonchev–Trinajstić information content (AvgIpc) is 2.99. The summed E-state index contributed by atoms with van der Waals surface area (Å²) < 4.78 is 6.18. The first-order chi connectivity index (χ1) is 12.5. The Kier molecular flexibility index (Phi) is 4.85. The maximum absolute atomic E-state index is 12.7. The summed E-state index contributed by atoms with van der Waals surface area (Å²) in [5.41, 5.74) is 1.25. The van der Waals surface area contributed by atoms with Gasteiger partial charge in [-0.3, -0.25) is 14.2 Å². The fourth-order valence-corrected chi connectivity index (χ4v) is 3.67. The molecule has 0 aliphatic heterocycles. The number of benzene rings is 1. The molecule has 0 saturated carbocycles. The van der Waals surface area contributed by atoms with Crippen LogP contribution < -0.4 is 10.9 Å². The summed E-state index contributed by atoms with van der Waals surface area (Å²) in [5, 5.41) is 3.22. The van der Waals surface area contributed by atoms with Crippen LogP contribution in [0.5, 0.6) is 0 Å². The lowest BCUT2D eigenvalue weighted by atomic mass is 10.2. The molecule has 0 aliphatic rings. The van der Waals surface area contributed by atoms with Crippen molar-refractivity contribution >= 4 is 39.1 Å². The van der Waals surface area contributed by atoms with Crippen LogP contribution in [0, 0.1) is 6.92 Å². The number of hydrogen-bond donors (Lipinski definition) is 1. The van der Waals surface area contributed by atoms with Gasteiger partial charge in [0.05, 0.1) is 29.3 Å². The Bertz CT molecular complexity index is 1070. The van der Waals surface area contributed by atoms with E-state index in [4.69, 9.17) is 0 Å². The number of aromatic nitrogens is 2. The third-order valence-electron chi connectivity index (χ3n) is 4.01. The summed E-state index contributed by atoms with van der Waals surface area (Å²) >= 11 is 1.17. The largest absolute Gasteiger partial charge is 0.465 e. The molecule has 0 atom stereocenters. The molecule has 0 aliphatic carbocycles. The van der Waals surface area contributed by atoms with Gasteiger partial charge in [-0.05, 0) is 37.6 Å². The minimum absolute atomic E-state index is 0.155. The predicted octanol–water partition coefficient (Wildman–Crippen LogP) is 2.83. The number of hydrogen-bond acceptors (Lipinski definition) is 6. The number of carbonyl (C=O) groups excluding carboxylic acids is 2. The minimum atomic E-state index is -0.483. The van der Waals surface area contributed by atoms with Crippen molar-refractivity contribution in [1.82, 2.24) is 9.55 Å². The third kappa shape index (κ3) is 3.11. The van der Waals surface area contributed by atoms with Crippen molar-refractivity contribution in [2.24, 2.45) is 0 Å². The predicted molar refractivity (Wildman–Crippen MR) is 100 cm³/mol. The number of nitrogens with zero attached hydrogens (tertiary/aromatic N) is 2. The van der Waals surface area contributed by atoms with Gasteiger partial charge >= 0.3 is 5.97 Å². The van der Waals surface area contributed by atoms with Crippen molar-refractivity contribution in [1.29, 1.82) is 0 Å². The number of carbonyl (C=O) groups is 2. The summed E-state index contributed by atoms with van der Waals surface area (Å²) in [4.78, 5) is 42.0. The van der Waals surface area contributed by atoms with Crippen molar-refractivity contribution < 1.29 is 14.3 Å². The summed E-state index contributed by atoms with van der Waals surface area (Å²) in [7, 11) is 1.30. The lowest BCUT2D eigenvalue weighted by Gasteiger charge is -2.06. The molecule has 0 bridgehead atoms. The summed E-state index contributed by atoms with van der Waals surface area (Å²) in [5.74, 6) is -0.835. The molecule has 0 saturated heterocycles. The summed E-state index contributed by atoms with van der Waals surface area (Å²) in [6.07, 6.45) is 1.49. The number of fused-ring (bicyclic) bond motifs is 1. The van der Waals surface area contributed by atoms with E-state index in [0.717, 1.165) is 0 Å². The van der Waals surface area contributed by atoms with Gasteiger partial charge in [-0.2, -0.15) is 0 Å². The van der Waals surface area contributed by atoms with Gasteiger partial charge in [-0.25, -0.2) is 9.78 Å². The molecule has 0 spiro atoms. The molecule has 7 nitrogen and oxygen atoms in total. The standard InChI is InChI=1S/C18H17N3O4S/c1-4-21-9-19-16-13(17(21)23)10(2)14(26-16)15(22)20-12-7-5-6-11(8-12)18(24)25-3/h5-9H,4H2,1-3H3,(H,20,22). The first-order valence-corrected chi connectivity index (χ1v) is 8.76. The number of amides is 1. The van der Waals surface area contributed by atoms with E-state index in [2.05, 4.69) is 15.0 Å². The highest BCUT2D eigenvalue weighted by Crippen LogP contribution is 2.27. The van der Waals surface area contributed by atoms with Gasteiger partial charge in [0.15, 0.2) is 0 Å². The highest BCUT2D eigenvalue weighted by atomic mass is 32.1. The molecule has 0 radical (unpaired) electrons. The van der Waals surface area contributed by atoms with Crippen LogP contribution >= 0.6 is 11.3 Å². The highest BCUT2D eigenvalue weighted by Gasteiger charge is 2.19. The topological polar surface area (TPSA) is 90.3 Å². The van der Waals surface area contributed by atoms with Gasteiger partial charge in [0.1, 0.15) is 4.83 Å². The molecule has 134 valence electrons. The Morgan fingerprint density at radius 1 is 1.35 bits per heavy atom. The number of nitrogens with one attached hydrogen (secondary N) is 1. The van der Waals surface area contributed by atoms with Crippen LogP contribution in [0.15, 0.2) is 35.4 Å². The summed E-state index contributed by atoms with van der Waals surface area (Å²) in [6.45, 7) is 4.11. The Morgan fingerprint density at radius 3 is 2.81 bits per heavy atom. The Morgan fingerprint density at radius 2 is 2.12 bits per heavy atom. The smallest absolute Gasteiger partial charge is 0.337 e. The number of methoxy groups -OCH3 is 1. The molecule has 26 heavy (non-hydrogen) atoms. The van der Waals surface area contributed by atoms with Crippen LogP contribution in [0.2, 0.25) is 0 Å². The number of aryl methyl sites for hydroxylation is 2. The Balaban J connectivity index is 1.96. The van der Waals surface area contributed by atoms with E-state index in [1.165, 1.54) is 35.4 Å². The van der Waals surface area contributed by atoms with E-state index >= 15 is 0 Å². The molecule has 1 amide bonds. The van der Waals surface area contributed by atoms with Crippen molar-refractivity contribution in [2.75, 3.05) is 12.4 Å². The Labute approximate surface area is 153 Å². The molecule has 3 aromatic rings. The van der Waals surface area contributed by atoms with Crippen LogP contribution in [0.25, 0.3) is 10.2 Å². The van der Waals surface area contributed by atoms with Crippen molar-refractivity contribution in [3.05, 3.63) is 57.0 Å². The van der Waals surface area contributed by atoms with E-state index < -0.39 is 5.97 Å². The van der Waals surface area contributed by atoms with Gasteiger partial charge in [-0.15, -0.1) is 11.3 Å². The van der Waals surface area contributed by atoms with Crippen molar-refractivity contribution in [3.8, 4) is 0 Å². The van der Waals surface area contributed by atoms with Crippen LogP contribution in [0.1, 0.15) is 32.5 Å². The minimum Gasteiger partial charge on any atom is -0.465 e. The number of esters is 1. The van der Waals surface area contributed by atoms with Crippen molar-refractivity contribution in [3.63, 3.8) is 0 Å². The van der Waals surface area contributed by atoms with Gasteiger partial charge in [0.25, 0.3) is 11.5 Å². The first kappa shape index (κ1) is 17.8. The van der Waals surface area contributed by atoms with E-state index in [1.807, 2.05) is 6.92 Å². The fraction of sp³-hybridized carbons (Fsp3) is 0.222. The average molecular weight is 371 g/mol. The van der Waals surface area contributed by atoms with Gasteiger partial charge < -0.3 is 10.1 Å². The van der Waals surface area contributed by atoms with E-state index in [0.29, 0.717) is 38.5 Å². The molecular formula is C18H17N3O4S. The van der Waals surface area contributed by atoms with Crippen LogP contribution in [0.3, 0.4) is 0 Å². The Hall–Kier alpha value is -3.00. The second-order valence-electron chi connectivity index (χ2n) is 5.60. The lowest BCUT2D eigenvalue weighted by Crippen LogP contribution is -2.19. The molecule has 2 aromatic heterocycles. The molecule has 3 rings (SSSR count). The molecule has 2 heterocycles. The molecule has 1 N–H and O–H groups in total. The van der Waals surface area contributed by atoms with Crippen LogP contribution in [0.4, 0.5) is 5.69 Å². The molecule has 1 aromatic carbocycles. The van der Waals surface area contributed by atoms with E-state index in [1.54, 1.807) is 25.1 Å². The molecular weight excluding hydrogens is 354 g/mol. The second-order valence-corrected chi connectivity index (χ2v) is 6.60. The lowest BCUT2D eigenvalue weighted by molar-refractivity contribution is 0.0600.